The average Bonchev–Trinajstić information content (AvgIpc) is 2.49. The molecule has 1 heterocycles. The molecule has 2 aromatic rings. The quantitative estimate of drug-likeness (QED) is 0.732. The van der Waals surface area contributed by atoms with E-state index in [9.17, 15) is 9.18 Å². The second kappa shape index (κ2) is 7.64. The molecule has 0 saturated carbocycles. The number of hydrogen-bond donors (Lipinski definition) is 0. The zero-order valence-corrected chi connectivity index (χ0v) is 12.1. The summed E-state index contributed by atoms with van der Waals surface area (Å²) < 4.78 is 12.8. The van der Waals surface area contributed by atoms with Gasteiger partial charge in [0, 0.05) is 24.7 Å². The number of nitrogens with zero attached hydrogens (tertiary/aromatic N) is 2. The van der Waals surface area contributed by atoms with Crippen molar-refractivity contribution in [2.75, 3.05) is 13.6 Å². The second-order valence-electron chi connectivity index (χ2n) is 5.09. The van der Waals surface area contributed by atoms with Gasteiger partial charge in [0.05, 0.1) is 5.69 Å². The minimum atomic E-state index is -0.318. The van der Waals surface area contributed by atoms with Crippen LogP contribution >= 0.6 is 0 Å². The van der Waals surface area contributed by atoms with E-state index in [0.29, 0.717) is 12.0 Å². The lowest BCUT2D eigenvalue weighted by atomic mass is 10.1. The number of pyridine rings is 1. The molecule has 0 aliphatic heterocycles. The Labute approximate surface area is 124 Å². The molecule has 2 rings (SSSR count). The number of benzene rings is 1. The summed E-state index contributed by atoms with van der Waals surface area (Å²) in [6.45, 7) is 1.59. The summed E-state index contributed by atoms with van der Waals surface area (Å²) in [5, 5.41) is 0. The molecule has 0 N–H and O–H groups in total. The van der Waals surface area contributed by atoms with E-state index in [-0.39, 0.29) is 11.6 Å². The Morgan fingerprint density at radius 3 is 2.62 bits per heavy atom. The Balaban J connectivity index is 1.73. The van der Waals surface area contributed by atoms with E-state index in [1.165, 1.54) is 24.3 Å². The topological polar surface area (TPSA) is 33.2 Å². The fourth-order valence-corrected chi connectivity index (χ4v) is 2.14. The number of ketones is 1. The molecule has 110 valence electrons. The lowest BCUT2D eigenvalue weighted by molar-refractivity contribution is 0.0976. The van der Waals surface area contributed by atoms with Crippen LogP contribution in [0.2, 0.25) is 0 Å². The maximum Gasteiger partial charge on any atom is 0.162 e. The van der Waals surface area contributed by atoms with Gasteiger partial charge in [-0.2, -0.15) is 0 Å². The van der Waals surface area contributed by atoms with Gasteiger partial charge in [-0.1, -0.05) is 6.07 Å². The molecule has 0 amide bonds. The molecule has 0 aliphatic rings. The summed E-state index contributed by atoms with van der Waals surface area (Å²) in [5.74, 6) is -0.261. The largest absolute Gasteiger partial charge is 0.301 e. The van der Waals surface area contributed by atoms with E-state index in [2.05, 4.69) is 9.88 Å². The molecule has 0 unspecified atom stereocenters. The van der Waals surface area contributed by atoms with E-state index in [4.69, 9.17) is 0 Å². The lowest BCUT2D eigenvalue weighted by Gasteiger charge is -2.15. The van der Waals surface area contributed by atoms with Crippen LogP contribution in [0.1, 0.15) is 28.9 Å². The second-order valence-corrected chi connectivity index (χ2v) is 5.09. The number of aromatic nitrogens is 1. The van der Waals surface area contributed by atoms with Crippen molar-refractivity contribution in [2.45, 2.75) is 19.4 Å². The standard InChI is InChI=1S/C17H19FN2O/c1-20(13-16-5-2-3-11-19-16)12-4-6-17(21)14-7-9-15(18)10-8-14/h2-3,5,7-11H,4,6,12-13H2,1H3. The first-order chi connectivity index (χ1) is 10.1. The minimum Gasteiger partial charge on any atom is -0.301 e. The van der Waals surface area contributed by atoms with Crippen LogP contribution in [-0.2, 0) is 6.54 Å². The summed E-state index contributed by atoms with van der Waals surface area (Å²) in [6.07, 6.45) is 3.03. The smallest absolute Gasteiger partial charge is 0.162 e. The molecule has 3 nitrogen and oxygen atoms in total. The van der Waals surface area contributed by atoms with Crippen molar-refractivity contribution >= 4 is 5.78 Å². The molecule has 0 spiro atoms. The fraction of sp³-hybridized carbons (Fsp3) is 0.294. The van der Waals surface area contributed by atoms with E-state index in [0.717, 1.165) is 25.2 Å². The average molecular weight is 286 g/mol. The van der Waals surface area contributed by atoms with Gasteiger partial charge in [-0.25, -0.2) is 4.39 Å². The molecular weight excluding hydrogens is 267 g/mol. The number of Topliss-reactive ketones (excluding diaryl/α,β-unsaturated/α-hetero) is 1. The van der Waals surface area contributed by atoms with Crippen molar-refractivity contribution in [3.63, 3.8) is 0 Å². The van der Waals surface area contributed by atoms with E-state index in [1.807, 2.05) is 25.2 Å². The zero-order chi connectivity index (χ0) is 15.1. The van der Waals surface area contributed by atoms with Crippen LogP contribution in [-0.4, -0.2) is 29.3 Å². The molecule has 0 fully saturated rings. The Hall–Kier alpha value is -2.07. The van der Waals surface area contributed by atoms with Gasteiger partial charge >= 0.3 is 0 Å². The van der Waals surface area contributed by atoms with Gasteiger partial charge < -0.3 is 4.90 Å². The van der Waals surface area contributed by atoms with Crippen molar-refractivity contribution in [1.29, 1.82) is 0 Å². The van der Waals surface area contributed by atoms with Crippen molar-refractivity contribution in [3.05, 3.63) is 65.7 Å². The summed E-state index contributed by atoms with van der Waals surface area (Å²) in [4.78, 5) is 18.4. The van der Waals surface area contributed by atoms with Crippen molar-refractivity contribution in [3.8, 4) is 0 Å². The summed E-state index contributed by atoms with van der Waals surface area (Å²) >= 11 is 0. The minimum absolute atomic E-state index is 0.0567. The normalized spacial score (nSPS) is 10.8. The number of halogens is 1. The van der Waals surface area contributed by atoms with E-state index >= 15 is 0 Å². The van der Waals surface area contributed by atoms with Crippen LogP contribution in [0.15, 0.2) is 48.7 Å². The lowest BCUT2D eigenvalue weighted by Crippen LogP contribution is -2.20. The van der Waals surface area contributed by atoms with Crippen LogP contribution in [0.4, 0.5) is 4.39 Å². The highest BCUT2D eigenvalue weighted by Gasteiger charge is 2.07. The van der Waals surface area contributed by atoms with Gasteiger partial charge in [-0.05, 0) is 56.4 Å². The van der Waals surface area contributed by atoms with E-state index in [1.54, 1.807) is 6.20 Å². The van der Waals surface area contributed by atoms with Gasteiger partial charge in [0.1, 0.15) is 5.82 Å². The van der Waals surface area contributed by atoms with Crippen LogP contribution in [0.25, 0.3) is 0 Å². The molecule has 0 atom stereocenters. The van der Waals surface area contributed by atoms with Crippen molar-refractivity contribution < 1.29 is 9.18 Å². The predicted molar refractivity (Wildman–Crippen MR) is 80.5 cm³/mol. The number of rotatable bonds is 7. The zero-order valence-electron chi connectivity index (χ0n) is 12.1. The van der Waals surface area contributed by atoms with Gasteiger partial charge in [0.2, 0.25) is 0 Å². The first-order valence-electron chi connectivity index (χ1n) is 7.02. The highest BCUT2D eigenvalue weighted by Crippen LogP contribution is 2.08. The van der Waals surface area contributed by atoms with Crippen molar-refractivity contribution in [1.82, 2.24) is 9.88 Å². The van der Waals surface area contributed by atoms with Crippen molar-refractivity contribution in [2.24, 2.45) is 0 Å². The first-order valence-corrected chi connectivity index (χ1v) is 7.02. The maximum absolute atomic E-state index is 12.8. The monoisotopic (exact) mass is 286 g/mol. The first kappa shape index (κ1) is 15.3. The highest BCUT2D eigenvalue weighted by atomic mass is 19.1. The predicted octanol–water partition coefficient (Wildman–Crippen LogP) is 3.32. The Morgan fingerprint density at radius 1 is 1.19 bits per heavy atom. The molecule has 1 aromatic heterocycles. The van der Waals surface area contributed by atoms with Gasteiger partial charge in [-0.15, -0.1) is 0 Å². The van der Waals surface area contributed by atoms with Crippen LogP contribution < -0.4 is 0 Å². The fourth-order valence-electron chi connectivity index (χ4n) is 2.14. The molecule has 0 bridgehead atoms. The molecule has 21 heavy (non-hydrogen) atoms. The van der Waals surface area contributed by atoms with Gasteiger partial charge in [-0.3, -0.25) is 9.78 Å². The SMILES string of the molecule is CN(CCCC(=O)c1ccc(F)cc1)Cc1ccccn1. The Morgan fingerprint density at radius 2 is 1.95 bits per heavy atom. The van der Waals surface area contributed by atoms with E-state index < -0.39 is 0 Å². The third-order valence-corrected chi connectivity index (χ3v) is 3.27. The summed E-state index contributed by atoms with van der Waals surface area (Å²) in [5.41, 5.74) is 1.59. The Kier molecular flexibility index (Phi) is 5.58. The van der Waals surface area contributed by atoms with Crippen LogP contribution in [0.5, 0.6) is 0 Å². The number of carbonyl (C=O) groups excluding carboxylic acids is 1. The molecule has 0 radical (unpaired) electrons. The third-order valence-electron chi connectivity index (χ3n) is 3.27. The van der Waals surface area contributed by atoms with Crippen LogP contribution in [0.3, 0.4) is 0 Å². The molecule has 4 heteroatoms. The molecular formula is C17H19FN2O. The number of hydrogen-bond acceptors (Lipinski definition) is 3. The highest BCUT2D eigenvalue weighted by molar-refractivity contribution is 5.95. The maximum atomic E-state index is 12.8. The summed E-state index contributed by atoms with van der Waals surface area (Å²) in [7, 11) is 2.01. The third kappa shape index (κ3) is 5.08. The summed E-state index contributed by atoms with van der Waals surface area (Å²) in [6, 6.07) is 11.6. The molecule has 0 saturated heterocycles. The molecule has 0 aliphatic carbocycles. The van der Waals surface area contributed by atoms with Gasteiger partial charge in [0.25, 0.3) is 0 Å². The molecule has 1 aromatic carbocycles. The van der Waals surface area contributed by atoms with Gasteiger partial charge in [0.15, 0.2) is 5.78 Å². The number of carbonyl (C=O) groups is 1. The van der Waals surface area contributed by atoms with Crippen LogP contribution in [0, 0.1) is 5.82 Å². The Bertz CT molecular complexity index is 569.